The first-order chi connectivity index (χ1) is 6.70. The molecule has 1 atom stereocenters. The van der Waals surface area contributed by atoms with E-state index in [-0.39, 0.29) is 0 Å². The third kappa shape index (κ3) is 3.69. The molecule has 1 rings (SSSR count). The van der Waals surface area contributed by atoms with Crippen LogP contribution in [-0.4, -0.2) is 35.4 Å². The van der Waals surface area contributed by atoms with Gasteiger partial charge in [-0.05, 0) is 38.4 Å². The SMILES string of the molecule is CO[Si](C)(CCC1CCCCN1)OC. The molecule has 1 aliphatic heterocycles. The van der Waals surface area contributed by atoms with Crippen molar-refractivity contribution in [3.05, 3.63) is 0 Å². The lowest BCUT2D eigenvalue weighted by Gasteiger charge is -2.28. The number of rotatable bonds is 5. The molecule has 0 bridgehead atoms. The maximum Gasteiger partial charge on any atom is 0.334 e. The van der Waals surface area contributed by atoms with Crippen LogP contribution in [0.2, 0.25) is 12.6 Å². The zero-order valence-corrected chi connectivity index (χ0v) is 10.6. The Morgan fingerprint density at radius 2 is 2.00 bits per heavy atom. The Hall–Kier alpha value is 0.0969. The van der Waals surface area contributed by atoms with Crippen molar-refractivity contribution in [1.82, 2.24) is 5.32 Å². The summed E-state index contributed by atoms with van der Waals surface area (Å²) in [4.78, 5) is 0. The molecule has 14 heavy (non-hydrogen) atoms. The molecule has 1 unspecified atom stereocenters. The molecule has 1 saturated heterocycles. The number of piperidine rings is 1. The van der Waals surface area contributed by atoms with Crippen molar-refractivity contribution in [2.45, 2.75) is 44.3 Å². The van der Waals surface area contributed by atoms with E-state index in [9.17, 15) is 0 Å². The molecule has 1 fully saturated rings. The Morgan fingerprint density at radius 1 is 1.29 bits per heavy atom. The molecule has 0 amide bonds. The fourth-order valence-corrected chi connectivity index (χ4v) is 3.34. The molecular formula is C10H23NO2Si. The first-order valence-corrected chi connectivity index (χ1v) is 8.06. The van der Waals surface area contributed by atoms with Gasteiger partial charge in [-0.1, -0.05) is 6.42 Å². The second-order valence-corrected chi connectivity index (χ2v) is 7.81. The van der Waals surface area contributed by atoms with Crippen LogP contribution in [0.15, 0.2) is 0 Å². The Kier molecular flexibility index (Phi) is 5.09. The molecule has 1 N–H and O–H groups in total. The summed E-state index contributed by atoms with van der Waals surface area (Å²) in [5.41, 5.74) is 0. The monoisotopic (exact) mass is 217 g/mol. The van der Waals surface area contributed by atoms with Crippen molar-refractivity contribution in [3.63, 3.8) is 0 Å². The van der Waals surface area contributed by atoms with Crippen LogP contribution in [0.4, 0.5) is 0 Å². The predicted octanol–water partition coefficient (Wildman–Crippen LogP) is 1.88. The fraction of sp³-hybridized carbons (Fsp3) is 1.00. The van der Waals surface area contributed by atoms with Gasteiger partial charge in [-0.2, -0.15) is 0 Å². The van der Waals surface area contributed by atoms with Gasteiger partial charge in [-0.25, -0.2) is 0 Å². The lowest BCUT2D eigenvalue weighted by Crippen LogP contribution is -2.40. The standard InChI is InChI=1S/C10H23NO2Si/c1-12-14(3,13-2)9-7-10-6-4-5-8-11-10/h10-11H,4-9H2,1-3H3. The highest BCUT2D eigenvalue weighted by Gasteiger charge is 2.29. The van der Waals surface area contributed by atoms with Crippen LogP contribution >= 0.6 is 0 Å². The van der Waals surface area contributed by atoms with Gasteiger partial charge in [0.05, 0.1) is 0 Å². The molecule has 0 aromatic heterocycles. The van der Waals surface area contributed by atoms with Crippen LogP contribution in [0, 0.1) is 0 Å². The molecule has 0 saturated carbocycles. The summed E-state index contributed by atoms with van der Waals surface area (Å²) >= 11 is 0. The third-order valence-corrected chi connectivity index (χ3v) is 6.15. The van der Waals surface area contributed by atoms with Crippen molar-refractivity contribution < 1.29 is 8.85 Å². The lowest BCUT2D eigenvalue weighted by atomic mass is 10.0. The van der Waals surface area contributed by atoms with Gasteiger partial charge in [0.25, 0.3) is 0 Å². The van der Waals surface area contributed by atoms with Crippen molar-refractivity contribution in [3.8, 4) is 0 Å². The Labute approximate surface area is 88.4 Å². The van der Waals surface area contributed by atoms with Crippen molar-refractivity contribution in [1.29, 1.82) is 0 Å². The third-order valence-electron chi connectivity index (χ3n) is 3.22. The van der Waals surface area contributed by atoms with Crippen LogP contribution in [0.3, 0.4) is 0 Å². The zero-order valence-electron chi connectivity index (χ0n) is 9.64. The molecule has 0 aliphatic carbocycles. The predicted molar refractivity (Wildman–Crippen MR) is 60.7 cm³/mol. The molecule has 1 heterocycles. The van der Waals surface area contributed by atoms with Gasteiger partial charge in [0.1, 0.15) is 0 Å². The Balaban J connectivity index is 2.23. The number of hydrogen-bond donors (Lipinski definition) is 1. The van der Waals surface area contributed by atoms with E-state index in [0.29, 0.717) is 6.04 Å². The highest BCUT2D eigenvalue weighted by molar-refractivity contribution is 6.65. The minimum atomic E-state index is -1.82. The van der Waals surface area contributed by atoms with E-state index in [0.717, 1.165) is 6.04 Å². The van der Waals surface area contributed by atoms with E-state index in [1.54, 1.807) is 14.2 Å². The maximum atomic E-state index is 5.47. The average Bonchev–Trinajstić information content (AvgIpc) is 2.27. The van der Waals surface area contributed by atoms with E-state index < -0.39 is 8.56 Å². The van der Waals surface area contributed by atoms with Gasteiger partial charge < -0.3 is 14.2 Å². The van der Waals surface area contributed by atoms with Crippen LogP contribution in [-0.2, 0) is 8.85 Å². The zero-order chi connectivity index (χ0) is 10.4. The summed E-state index contributed by atoms with van der Waals surface area (Å²) in [7, 11) is 1.71. The van der Waals surface area contributed by atoms with Gasteiger partial charge in [0.2, 0.25) is 0 Å². The molecule has 0 spiro atoms. The van der Waals surface area contributed by atoms with E-state index >= 15 is 0 Å². The summed E-state index contributed by atoms with van der Waals surface area (Å²) in [6.07, 6.45) is 5.22. The van der Waals surface area contributed by atoms with Crippen LogP contribution < -0.4 is 5.32 Å². The van der Waals surface area contributed by atoms with E-state index in [1.165, 1.54) is 32.2 Å². The summed E-state index contributed by atoms with van der Waals surface area (Å²) in [6.45, 7) is 3.32. The van der Waals surface area contributed by atoms with Crippen molar-refractivity contribution >= 4 is 8.56 Å². The summed E-state index contributed by atoms with van der Waals surface area (Å²) < 4.78 is 10.9. The van der Waals surface area contributed by atoms with Gasteiger partial charge in [0, 0.05) is 20.3 Å². The van der Waals surface area contributed by atoms with Crippen LogP contribution in [0.1, 0.15) is 25.7 Å². The van der Waals surface area contributed by atoms with Crippen LogP contribution in [0.5, 0.6) is 0 Å². The normalized spacial score (nSPS) is 23.8. The minimum absolute atomic E-state index is 0.695. The topological polar surface area (TPSA) is 30.5 Å². The van der Waals surface area contributed by atoms with E-state index in [1.807, 2.05) is 0 Å². The number of hydrogen-bond acceptors (Lipinski definition) is 3. The summed E-state index contributed by atoms with van der Waals surface area (Å²) in [5.74, 6) is 0. The lowest BCUT2D eigenvalue weighted by molar-refractivity contribution is 0.244. The number of nitrogens with one attached hydrogen (secondary N) is 1. The Morgan fingerprint density at radius 3 is 2.50 bits per heavy atom. The second-order valence-electron chi connectivity index (χ2n) is 4.23. The first kappa shape index (κ1) is 12.2. The second kappa shape index (κ2) is 5.85. The van der Waals surface area contributed by atoms with E-state index in [2.05, 4.69) is 11.9 Å². The van der Waals surface area contributed by atoms with Crippen LogP contribution in [0.25, 0.3) is 0 Å². The Bertz CT molecular complexity index is 156. The molecular weight excluding hydrogens is 194 g/mol. The highest BCUT2D eigenvalue weighted by atomic mass is 28.4. The molecule has 0 aromatic carbocycles. The van der Waals surface area contributed by atoms with Crippen molar-refractivity contribution in [2.24, 2.45) is 0 Å². The maximum absolute atomic E-state index is 5.47. The first-order valence-electron chi connectivity index (χ1n) is 5.54. The average molecular weight is 217 g/mol. The van der Waals surface area contributed by atoms with E-state index in [4.69, 9.17) is 8.85 Å². The molecule has 0 aromatic rings. The molecule has 84 valence electrons. The highest BCUT2D eigenvalue weighted by Crippen LogP contribution is 2.19. The molecule has 4 heteroatoms. The fourth-order valence-electron chi connectivity index (χ4n) is 1.89. The van der Waals surface area contributed by atoms with Gasteiger partial charge in [-0.3, -0.25) is 0 Å². The summed E-state index contributed by atoms with van der Waals surface area (Å²) in [6, 6.07) is 1.79. The molecule has 3 nitrogen and oxygen atoms in total. The largest absolute Gasteiger partial charge is 0.398 e. The smallest absolute Gasteiger partial charge is 0.334 e. The molecule has 0 radical (unpaired) electrons. The minimum Gasteiger partial charge on any atom is -0.398 e. The molecule has 1 aliphatic rings. The van der Waals surface area contributed by atoms with Crippen molar-refractivity contribution in [2.75, 3.05) is 20.8 Å². The van der Waals surface area contributed by atoms with Gasteiger partial charge >= 0.3 is 8.56 Å². The quantitative estimate of drug-likeness (QED) is 0.713. The van der Waals surface area contributed by atoms with Gasteiger partial charge in [-0.15, -0.1) is 0 Å². The van der Waals surface area contributed by atoms with Gasteiger partial charge in [0.15, 0.2) is 0 Å². The summed E-state index contributed by atoms with van der Waals surface area (Å²) in [5, 5.41) is 3.55.